The first-order chi connectivity index (χ1) is 12.7. The molecule has 0 amide bonds. The Labute approximate surface area is 184 Å². The van der Waals surface area contributed by atoms with Gasteiger partial charge in [0.2, 0.25) is 0 Å². The van der Waals surface area contributed by atoms with E-state index in [4.69, 9.17) is 4.99 Å². The van der Waals surface area contributed by atoms with E-state index in [1.807, 2.05) is 30.3 Å². The van der Waals surface area contributed by atoms with Gasteiger partial charge in [0.25, 0.3) is 0 Å². The number of likely N-dealkylation sites (tertiary alicyclic amines) is 1. The number of guanidine groups is 1. The predicted molar refractivity (Wildman–Crippen MR) is 126 cm³/mol. The summed E-state index contributed by atoms with van der Waals surface area (Å²) >= 11 is 0. The van der Waals surface area contributed by atoms with Crippen LogP contribution in [0.5, 0.6) is 0 Å². The molecule has 2 fully saturated rings. The SMILES string of the molecule is CCNC(=NCCS(=O)Cc1ccccc1)N1CCC2(CCCCC2)C1.I. The molecule has 0 radical (unpaired) electrons. The summed E-state index contributed by atoms with van der Waals surface area (Å²) < 4.78 is 12.3. The number of rotatable bonds is 6. The van der Waals surface area contributed by atoms with Gasteiger partial charge >= 0.3 is 0 Å². The molecule has 1 saturated carbocycles. The monoisotopic (exact) mass is 503 g/mol. The highest BCUT2D eigenvalue weighted by Gasteiger charge is 2.39. The maximum Gasteiger partial charge on any atom is 0.193 e. The summed E-state index contributed by atoms with van der Waals surface area (Å²) in [6.45, 7) is 5.89. The highest BCUT2D eigenvalue weighted by atomic mass is 127. The molecule has 152 valence electrons. The third-order valence-corrected chi connectivity index (χ3v) is 7.03. The molecule has 3 rings (SSSR count). The summed E-state index contributed by atoms with van der Waals surface area (Å²) in [6, 6.07) is 10.1. The first kappa shape index (κ1) is 22.7. The van der Waals surface area contributed by atoms with Gasteiger partial charge in [-0.1, -0.05) is 49.6 Å². The van der Waals surface area contributed by atoms with E-state index in [1.54, 1.807) is 0 Å². The average Bonchev–Trinajstić information content (AvgIpc) is 3.05. The number of benzene rings is 1. The Morgan fingerprint density at radius 2 is 1.93 bits per heavy atom. The Kier molecular flexibility index (Phi) is 9.56. The summed E-state index contributed by atoms with van der Waals surface area (Å²) in [6.07, 6.45) is 8.24. The van der Waals surface area contributed by atoms with Gasteiger partial charge in [-0.15, -0.1) is 24.0 Å². The summed E-state index contributed by atoms with van der Waals surface area (Å²) in [5, 5.41) is 3.45. The van der Waals surface area contributed by atoms with Crippen LogP contribution in [0.1, 0.15) is 51.0 Å². The van der Waals surface area contributed by atoms with Crippen molar-refractivity contribution >= 4 is 40.7 Å². The van der Waals surface area contributed by atoms with Gasteiger partial charge in [0.05, 0.1) is 6.54 Å². The molecule has 1 saturated heterocycles. The topological polar surface area (TPSA) is 44.7 Å². The number of halogens is 1. The van der Waals surface area contributed by atoms with Gasteiger partial charge in [-0.25, -0.2) is 0 Å². The van der Waals surface area contributed by atoms with Gasteiger partial charge in [-0.05, 0) is 37.2 Å². The first-order valence-corrected chi connectivity index (χ1v) is 11.6. The number of nitrogens with one attached hydrogen (secondary N) is 1. The second-order valence-electron chi connectivity index (χ2n) is 7.74. The molecule has 27 heavy (non-hydrogen) atoms. The fourth-order valence-electron chi connectivity index (χ4n) is 4.34. The van der Waals surface area contributed by atoms with Crippen LogP contribution in [0.25, 0.3) is 0 Å². The molecule has 1 spiro atoms. The minimum Gasteiger partial charge on any atom is -0.357 e. The van der Waals surface area contributed by atoms with E-state index in [1.165, 1.54) is 38.5 Å². The maximum atomic E-state index is 12.3. The lowest BCUT2D eigenvalue weighted by molar-refractivity contribution is 0.203. The van der Waals surface area contributed by atoms with E-state index in [0.29, 0.717) is 23.5 Å². The Morgan fingerprint density at radius 1 is 1.19 bits per heavy atom. The first-order valence-electron chi connectivity index (χ1n) is 10.1. The van der Waals surface area contributed by atoms with Crippen LogP contribution >= 0.6 is 24.0 Å². The van der Waals surface area contributed by atoms with Crippen LogP contribution in [0.3, 0.4) is 0 Å². The zero-order valence-electron chi connectivity index (χ0n) is 16.5. The van der Waals surface area contributed by atoms with Gasteiger partial charge in [0, 0.05) is 41.9 Å². The Bertz CT molecular complexity index is 617. The van der Waals surface area contributed by atoms with Crippen LogP contribution < -0.4 is 5.32 Å². The van der Waals surface area contributed by atoms with Crippen molar-refractivity contribution in [3.8, 4) is 0 Å². The molecule has 1 aliphatic carbocycles. The van der Waals surface area contributed by atoms with Crippen molar-refractivity contribution in [1.29, 1.82) is 0 Å². The number of hydrogen-bond donors (Lipinski definition) is 1. The van der Waals surface area contributed by atoms with E-state index in [2.05, 4.69) is 17.1 Å². The van der Waals surface area contributed by atoms with E-state index in [0.717, 1.165) is 31.2 Å². The largest absolute Gasteiger partial charge is 0.357 e. The smallest absolute Gasteiger partial charge is 0.193 e. The highest BCUT2D eigenvalue weighted by molar-refractivity contribution is 14.0. The fraction of sp³-hybridized carbons (Fsp3) is 0.667. The number of hydrogen-bond acceptors (Lipinski definition) is 2. The Balaban J connectivity index is 0.00000261. The van der Waals surface area contributed by atoms with Gasteiger partial charge in [-0.3, -0.25) is 9.20 Å². The predicted octanol–water partition coefficient (Wildman–Crippen LogP) is 4.18. The average molecular weight is 503 g/mol. The van der Waals surface area contributed by atoms with Crippen LogP contribution in [0.4, 0.5) is 0 Å². The highest BCUT2D eigenvalue weighted by Crippen LogP contribution is 2.43. The van der Waals surface area contributed by atoms with Crippen LogP contribution in [0, 0.1) is 5.41 Å². The number of nitrogens with zero attached hydrogens (tertiary/aromatic N) is 2. The van der Waals surface area contributed by atoms with Crippen LogP contribution in [-0.4, -0.2) is 47.0 Å². The van der Waals surface area contributed by atoms with Crippen molar-refractivity contribution in [2.75, 3.05) is 31.9 Å². The third kappa shape index (κ3) is 6.73. The molecule has 0 bridgehead atoms. The molecule has 2 aliphatic rings. The van der Waals surface area contributed by atoms with E-state index < -0.39 is 10.8 Å². The zero-order valence-corrected chi connectivity index (χ0v) is 19.6. The molecule has 1 N–H and O–H groups in total. The molecule has 1 aromatic rings. The van der Waals surface area contributed by atoms with Crippen molar-refractivity contribution in [3.63, 3.8) is 0 Å². The summed E-state index contributed by atoms with van der Waals surface area (Å²) in [5.74, 6) is 2.27. The quantitative estimate of drug-likeness (QED) is 0.360. The fourth-order valence-corrected chi connectivity index (χ4v) is 5.34. The van der Waals surface area contributed by atoms with Gasteiger partial charge in [-0.2, -0.15) is 0 Å². The minimum absolute atomic E-state index is 0. The zero-order chi connectivity index (χ0) is 18.2. The molecular formula is C21H34IN3OS. The second kappa shape index (κ2) is 11.4. The standard InChI is InChI=1S/C21H33N3OS.HI/c1-2-22-20(24-15-13-21(18-24)11-7-4-8-12-21)23-14-16-26(25)17-19-9-5-3-6-10-19;/h3,5-6,9-10H,2,4,7-8,11-18H2,1H3,(H,22,23);1H. The summed E-state index contributed by atoms with van der Waals surface area (Å²) in [5.41, 5.74) is 1.67. The molecule has 0 aromatic heterocycles. The van der Waals surface area contributed by atoms with Crippen LogP contribution in [-0.2, 0) is 16.6 Å². The normalized spacial score (nSPS) is 20.3. The van der Waals surface area contributed by atoms with E-state index >= 15 is 0 Å². The lowest BCUT2D eigenvalue weighted by Gasteiger charge is -2.33. The lowest BCUT2D eigenvalue weighted by Crippen LogP contribution is -2.41. The maximum absolute atomic E-state index is 12.3. The van der Waals surface area contributed by atoms with Crippen LogP contribution in [0.2, 0.25) is 0 Å². The minimum atomic E-state index is -0.857. The Morgan fingerprint density at radius 3 is 2.63 bits per heavy atom. The summed E-state index contributed by atoms with van der Waals surface area (Å²) in [4.78, 5) is 7.23. The molecule has 1 atom stereocenters. The molecule has 1 aliphatic heterocycles. The van der Waals surface area contributed by atoms with Crippen LogP contribution in [0.15, 0.2) is 35.3 Å². The van der Waals surface area contributed by atoms with Crippen molar-refractivity contribution in [1.82, 2.24) is 10.2 Å². The van der Waals surface area contributed by atoms with Gasteiger partial charge in [0.1, 0.15) is 0 Å². The van der Waals surface area contributed by atoms with E-state index in [-0.39, 0.29) is 24.0 Å². The van der Waals surface area contributed by atoms with Crippen molar-refractivity contribution in [2.24, 2.45) is 10.4 Å². The molecule has 4 nitrogen and oxygen atoms in total. The third-order valence-electron chi connectivity index (χ3n) is 5.74. The Hall–Kier alpha value is -0.630. The molecule has 1 heterocycles. The lowest BCUT2D eigenvalue weighted by atomic mass is 9.73. The number of aliphatic imine (C=N–C) groups is 1. The molecule has 6 heteroatoms. The van der Waals surface area contributed by atoms with Crippen molar-refractivity contribution in [3.05, 3.63) is 35.9 Å². The van der Waals surface area contributed by atoms with Crippen molar-refractivity contribution in [2.45, 2.75) is 51.2 Å². The second-order valence-corrected chi connectivity index (χ2v) is 9.32. The van der Waals surface area contributed by atoms with Gasteiger partial charge in [0.15, 0.2) is 5.96 Å². The van der Waals surface area contributed by atoms with Gasteiger partial charge < -0.3 is 10.2 Å². The molecule has 1 unspecified atom stereocenters. The molecule has 1 aromatic carbocycles. The summed E-state index contributed by atoms with van der Waals surface area (Å²) in [7, 11) is -0.857. The van der Waals surface area contributed by atoms with Crippen molar-refractivity contribution < 1.29 is 4.21 Å². The van der Waals surface area contributed by atoms with E-state index in [9.17, 15) is 4.21 Å². The molecular weight excluding hydrogens is 469 g/mol.